The molecule has 0 N–H and O–H groups in total. The van der Waals surface area contributed by atoms with E-state index in [2.05, 4.69) is 18.0 Å². The van der Waals surface area contributed by atoms with E-state index in [4.69, 9.17) is 9.72 Å². The zero-order valence-electron chi connectivity index (χ0n) is 17.4. The number of hydrogen-bond donors (Lipinski definition) is 0. The van der Waals surface area contributed by atoms with E-state index in [9.17, 15) is 9.18 Å². The predicted molar refractivity (Wildman–Crippen MR) is 117 cm³/mol. The van der Waals surface area contributed by atoms with Crippen LogP contribution in [-0.2, 0) is 11.2 Å². The number of nitrogens with zero attached hydrogens (tertiary/aromatic N) is 3. The third kappa shape index (κ3) is 3.61. The van der Waals surface area contributed by atoms with Crippen molar-refractivity contribution in [3.63, 3.8) is 0 Å². The molecule has 158 valence electrons. The molecule has 2 unspecified atom stereocenters. The molecule has 5 nitrogen and oxygen atoms in total. The lowest BCUT2D eigenvalue weighted by Crippen LogP contribution is -2.37. The van der Waals surface area contributed by atoms with Crippen LogP contribution in [0.2, 0.25) is 0 Å². The van der Waals surface area contributed by atoms with Crippen molar-refractivity contribution < 1.29 is 13.9 Å². The summed E-state index contributed by atoms with van der Waals surface area (Å²) in [6, 6.07) is 14.5. The van der Waals surface area contributed by atoms with Crippen LogP contribution in [0.4, 0.5) is 10.3 Å². The first-order chi connectivity index (χ1) is 15.1. The molecular formula is C25H24FN3O2. The Hall–Kier alpha value is -3.12. The Morgan fingerprint density at radius 1 is 1.10 bits per heavy atom. The van der Waals surface area contributed by atoms with Gasteiger partial charge in [0.2, 0.25) is 5.95 Å². The van der Waals surface area contributed by atoms with E-state index in [0.717, 1.165) is 12.0 Å². The summed E-state index contributed by atoms with van der Waals surface area (Å²) in [5.41, 5.74) is 3.30. The molecular weight excluding hydrogens is 393 g/mol. The van der Waals surface area contributed by atoms with Crippen LogP contribution in [0.3, 0.4) is 0 Å². The van der Waals surface area contributed by atoms with Gasteiger partial charge >= 0.3 is 0 Å². The number of benzene rings is 2. The van der Waals surface area contributed by atoms with Gasteiger partial charge in [0.25, 0.3) is 0 Å². The van der Waals surface area contributed by atoms with Gasteiger partial charge in [-0.25, -0.2) is 14.4 Å². The van der Waals surface area contributed by atoms with Gasteiger partial charge in [0.05, 0.1) is 30.4 Å². The molecule has 3 aromatic rings. The highest BCUT2D eigenvalue weighted by Gasteiger charge is 2.36. The average Bonchev–Trinajstić information content (AvgIpc) is 3.15. The molecule has 0 bridgehead atoms. The fourth-order valence-electron chi connectivity index (χ4n) is 4.69. The lowest BCUT2D eigenvalue weighted by atomic mass is 9.85. The molecule has 1 saturated heterocycles. The molecule has 2 atom stereocenters. The van der Waals surface area contributed by atoms with Crippen LogP contribution in [0, 0.1) is 11.7 Å². The number of rotatable bonds is 4. The number of ether oxygens (including phenoxy) is 1. The van der Waals surface area contributed by atoms with E-state index in [1.165, 1.54) is 11.6 Å². The monoisotopic (exact) mass is 417 g/mol. The highest BCUT2D eigenvalue weighted by molar-refractivity contribution is 6.06. The minimum atomic E-state index is -0.400. The van der Waals surface area contributed by atoms with Crippen molar-refractivity contribution in [1.82, 2.24) is 9.97 Å². The summed E-state index contributed by atoms with van der Waals surface area (Å²) in [6.07, 6.45) is 2.43. The molecule has 1 fully saturated rings. The second-order valence-corrected chi connectivity index (χ2v) is 8.23. The smallest absolute Gasteiger partial charge is 0.226 e. The number of ketones is 1. The Bertz CT molecular complexity index is 1130. The zero-order valence-corrected chi connectivity index (χ0v) is 17.4. The van der Waals surface area contributed by atoms with Crippen LogP contribution in [0.5, 0.6) is 0 Å². The van der Waals surface area contributed by atoms with Gasteiger partial charge in [-0.2, -0.15) is 0 Å². The molecule has 2 aromatic carbocycles. The van der Waals surface area contributed by atoms with Crippen molar-refractivity contribution in [2.75, 3.05) is 31.2 Å². The summed E-state index contributed by atoms with van der Waals surface area (Å²) in [5.74, 6) is -0.0675. The van der Waals surface area contributed by atoms with E-state index in [-0.39, 0.29) is 17.6 Å². The summed E-state index contributed by atoms with van der Waals surface area (Å²) in [5, 5.41) is 0. The Balaban J connectivity index is 1.61. The fraction of sp³-hybridized carbons (Fsp3) is 0.320. The standard InChI is InChI=1S/C25H24FN3O2/c1-16-14-17-6-2-3-7-18(17)22(16)24(30)20-15-27-25(29-10-12-31-13-11-29)28-23(20)19-8-4-5-9-21(19)26/h2-9,15-16,22H,10-14H2,1H3. The van der Waals surface area contributed by atoms with Crippen molar-refractivity contribution in [2.24, 2.45) is 5.92 Å². The Morgan fingerprint density at radius 2 is 1.84 bits per heavy atom. The summed E-state index contributed by atoms with van der Waals surface area (Å²) in [4.78, 5) is 25.0. The topological polar surface area (TPSA) is 55.3 Å². The van der Waals surface area contributed by atoms with Crippen LogP contribution < -0.4 is 4.90 Å². The van der Waals surface area contributed by atoms with E-state index in [1.54, 1.807) is 24.4 Å². The highest BCUT2D eigenvalue weighted by atomic mass is 19.1. The summed E-state index contributed by atoms with van der Waals surface area (Å²) >= 11 is 0. The number of fused-ring (bicyclic) bond motifs is 1. The normalized spacial score (nSPS) is 20.5. The maximum absolute atomic E-state index is 14.8. The maximum atomic E-state index is 14.8. The Labute approximate surface area is 180 Å². The van der Waals surface area contributed by atoms with E-state index < -0.39 is 5.82 Å². The molecule has 0 amide bonds. The second kappa shape index (κ2) is 8.19. The molecule has 1 aliphatic carbocycles. The van der Waals surface area contributed by atoms with Crippen LogP contribution in [-0.4, -0.2) is 42.1 Å². The van der Waals surface area contributed by atoms with Crippen LogP contribution in [0.15, 0.2) is 54.7 Å². The highest BCUT2D eigenvalue weighted by Crippen LogP contribution is 2.41. The number of Topliss-reactive ketones (excluding diaryl/α,β-unsaturated/α-hetero) is 1. The van der Waals surface area contributed by atoms with Gasteiger partial charge in [0, 0.05) is 24.8 Å². The van der Waals surface area contributed by atoms with Gasteiger partial charge in [-0.3, -0.25) is 4.79 Å². The van der Waals surface area contributed by atoms with Crippen molar-refractivity contribution >= 4 is 11.7 Å². The van der Waals surface area contributed by atoms with Crippen LogP contribution in [0.1, 0.15) is 34.3 Å². The zero-order chi connectivity index (χ0) is 21.4. The van der Waals surface area contributed by atoms with Gasteiger partial charge in [-0.05, 0) is 35.6 Å². The largest absolute Gasteiger partial charge is 0.378 e. The lowest BCUT2D eigenvalue weighted by molar-refractivity contribution is 0.0940. The quantitative estimate of drug-likeness (QED) is 0.593. The molecule has 0 spiro atoms. The van der Waals surface area contributed by atoms with Gasteiger partial charge in [0.15, 0.2) is 5.78 Å². The number of hydrogen-bond acceptors (Lipinski definition) is 5. The number of anilines is 1. The minimum absolute atomic E-state index is 0.0516. The molecule has 1 aromatic heterocycles. The van der Waals surface area contributed by atoms with E-state index in [0.29, 0.717) is 49.1 Å². The van der Waals surface area contributed by atoms with Crippen molar-refractivity contribution in [3.05, 3.63) is 77.2 Å². The molecule has 31 heavy (non-hydrogen) atoms. The fourth-order valence-corrected chi connectivity index (χ4v) is 4.69. The summed E-state index contributed by atoms with van der Waals surface area (Å²) in [7, 11) is 0. The van der Waals surface area contributed by atoms with Crippen molar-refractivity contribution in [3.8, 4) is 11.3 Å². The second-order valence-electron chi connectivity index (χ2n) is 8.23. The first-order valence-electron chi connectivity index (χ1n) is 10.7. The molecule has 0 saturated carbocycles. The molecule has 5 rings (SSSR count). The predicted octanol–water partition coefficient (Wildman–Crippen LogP) is 4.28. The van der Waals surface area contributed by atoms with E-state index >= 15 is 0 Å². The Morgan fingerprint density at radius 3 is 2.65 bits per heavy atom. The molecule has 1 aliphatic heterocycles. The molecule has 6 heteroatoms. The average molecular weight is 417 g/mol. The number of halogens is 1. The van der Waals surface area contributed by atoms with Gasteiger partial charge in [0.1, 0.15) is 5.82 Å². The minimum Gasteiger partial charge on any atom is -0.378 e. The maximum Gasteiger partial charge on any atom is 0.226 e. The molecule has 0 radical (unpaired) electrons. The Kier molecular flexibility index (Phi) is 5.24. The van der Waals surface area contributed by atoms with Gasteiger partial charge in [-0.1, -0.05) is 43.3 Å². The lowest BCUT2D eigenvalue weighted by Gasteiger charge is -2.27. The van der Waals surface area contributed by atoms with Crippen molar-refractivity contribution in [1.29, 1.82) is 0 Å². The third-order valence-electron chi connectivity index (χ3n) is 6.25. The summed E-state index contributed by atoms with van der Waals surface area (Å²) < 4.78 is 20.2. The first-order valence-corrected chi connectivity index (χ1v) is 10.7. The number of carbonyl (C=O) groups is 1. The number of carbonyl (C=O) groups excluding carboxylic acids is 1. The summed E-state index contributed by atoms with van der Waals surface area (Å²) in [6.45, 7) is 4.60. The third-order valence-corrected chi connectivity index (χ3v) is 6.25. The van der Waals surface area contributed by atoms with Crippen LogP contribution in [0.25, 0.3) is 11.3 Å². The molecule has 2 aliphatic rings. The first kappa shape index (κ1) is 19.8. The molecule has 2 heterocycles. The number of morpholine rings is 1. The van der Waals surface area contributed by atoms with Gasteiger partial charge < -0.3 is 9.64 Å². The SMILES string of the molecule is CC1Cc2ccccc2C1C(=O)c1cnc(N2CCOCC2)nc1-c1ccccc1F. The van der Waals surface area contributed by atoms with Crippen LogP contribution >= 0.6 is 0 Å². The van der Waals surface area contributed by atoms with Crippen molar-refractivity contribution in [2.45, 2.75) is 19.3 Å². The van der Waals surface area contributed by atoms with Gasteiger partial charge in [-0.15, -0.1) is 0 Å². The van der Waals surface area contributed by atoms with E-state index in [1.807, 2.05) is 23.1 Å². The number of aromatic nitrogens is 2.